The predicted molar refractivity (Wildman–Crippen MR) is 56.2 cm³/mol. The Labute approximate surface area is 89.2 Å². The van der Waals surface area contributed by atoms with E-state index in [1.54, 1.807) is 16.9 Å². The summed E-state index contributed by atoms with van der Waals surface area (Å²) in [5, 5.41) is 4.11. The standard InChI is InChI=1S/C6H3BrIN3O/c7-3-4-6(12)9-1-2-11(4)10-5(3)8/h1-2H,(H,9,12). The normalized spacial score (nSPS) is 10.8. The molecule has 0 aliphatic rings. The number of H-pyrrole nitrogens is 1. The highest BCUT2D eigenvalue weighted by Gasteiger charge is 2.09. The first-order valence-corrected chi connectivity index (χ1v) is 4.98. The Morgan fingerprint density at radius 1 is 1.67 bits per heavy atom. The van der Waals surface area contributed by atoms with Crippen LogP contribution in [0.5, 0.6) is 0 Å². The van der Waals surface area contributed by atoms with Crippen molar-refractivity contribution in [3.63, 3.8) is 0 Å². The van der Waals surface area contributed by atoms with Crippen molar-refractivity contribution >= 4 is 44.0 Å². The Morgan fingerprint density at radius 3 is 3.08 bits per heavy atom. The molecule has 62 valence electrons. The first kappa shape index (κ1) is 8.24. The highest BCUT2D eigenvalue weighted by atomic mass is 127. The van der Waals surface area contributed by atoms with Crippen LogP contribution in [0.4, 0.5) is 0 Å². The molecule has 4 nitrogen and oxygen atoms in total. The van der Waals surface area contributed by atoms with E-state index in [4.69, 9.17) is 0 Å². The van der Waals surface area contributed by atoms with Gasteiger partial charge in [-0.2, -0.15) is 5.10 Å². The van der Waals surface area contributed by atoms with Crippen LogP contribution in [0.25, 0.3) is 5.52 Å². The third-order valence-corrected chi connectivity index (χ3v) is 3.71. The first-order valence-electron chi connectivity index (χ1n) is 3.11. The second-order valence-electron chi connectivity index (χ2n) is 2.19. The molecule has 0 radical (unpaired) electrons. The van der Waals surface area contributed by atoms with Crippen molar-refractivity contribution in [2.75, 3.05) is 0 Å². The van der Waals surface area contributed by atoms with Gasteiger partial charge in [0, 0.05) is 12.4 Å². The Bertz CT molecular complexity index is 489. The average Bonchev–Trinajstić information content (AvgIpc) is 2.29. The van der Waals surface area contributed by atoms with Crippen LogP contribution in [-0.2, 0) is 0 Å². The van der Waals surface area contributed by atoms with Crippen molar-refractivity contribution in [2.24, 2.45) is 0 Å². The van der Waals surface area contributed by atoms with Crippen molar-refractivity contribution < 1.29 is 0 Å². The summed E-state index contributed by atoms with van der Waals surface area (Å²) in [5.74, 6) is 0. The summed E-state index contributed by atoms with van der Waals surface area (Å²) in [6, 6.07) is 0. The van der Waals surface area contributed by atoms with Gasteiger partial charge in [-0.25, -0.2) is 4.52 Å². The van der Waals surface area contributed by atoms with E-state index in [1.807, 2.05) is 0 Å². The van der Waals surface area contributed by atoms with Crippen molar-refractivity contribution in [1.29, 1.82) is 0 Å². The van der Waals surface area contributed by atoms with E-state index in [1.165, 1.54) is 0 Å². The molecule has 0 atom stereocenters. The fourth-order valence-corrected chi connectivity index (χ4v) is 1.88. The zero-order valence-corrected chi connectivity index (χ0v) is 9.46. The van der Waals surface area contributed by atoms with Crippen LogP contribution in [0.2, 0.25) is 0 Å². The second kappa shape index (κ2) is 2.84. The van der Waals surface area contributed by atoms with Crippen molar-refractivity contribution in [3.8, 4) is 0 Å². The van der Waals surface area contributed by atoms with E-state index in [-0.39, 0.29) is 5.56 Å². The fourth-order valence-electron chi connectivity index (χ4n) is 0.950. The summed E-state index contributed by atoms with van der Waals surface area (Å²) in [5.41, 5.74) is 0.404. The topological polar surface area (TPSA) is 50.2 Å². The van der Waals surface area contributed by atoms with Gasteiger partial charge in [-0.05, 0) is 38.5 Å². The number of hydrogen-bond acceptors (Lipinski definition) is 2. The Hall–Kier alpha value is -0.370. The minimum absolute atomic E-state index is 0.139. The van der Waals surface area contributed by atoms with Crippen molar-refractivity contribution in [1.82, 2.24) is 14.6 Å². The number of hydrogen-bond donors (Lipinski definition) is 1. The van der Waals surface area contributed by atoms with Gasteiger partial charge in [-0.15, -0.1) is 0 Å². The van der Waals surface area contributed by atoms with Crippen LogP contribution in [0.15, 0.2) is 21.7 Å². The summed E-state index contributed by atoms with van der Waals surface area (Å²) in [6.45, 7) is 0. The molecular formula is C6H3BrIN3O. The lowest BCUT2D eigenvalue weighted by Crippen LogP contribution is -2.08. The van der Waals surface area contributed by atoms with Gasteiger partial charge in [0.05, 0.1) is 4.47 Å². The van der Waals surface area contributed by atoms with Gasteiger partial charge in [0.15, 0.2) is 0 Å². The molecule has 2 rings (SSSR count). The van der Waals surface area contributed by atoms with Crippen LogP contribution < -0.4 is 5.56 Å². The van der Waals surface area contributed by atoms with Crippen LogP contribution in [-0.4, -0.2) is 14.6 Å². The molecule has 2 aromatic heterocycles. The first-order chi connectivity index (χ1) is 5.70. The minimum atomic E-state index is -0.139. The van der Waals surface area contributed by atoms with Gasteiger partial charge in [0.25, 0.3) is 5.56 Å². The fraction of sp³-hybridized carbons (Fsp3) is 0. The molecule has 0 aliphatic carbocycles. The van der Waals surface area contributed by atoms with Crippen LogP contribution in [0.3, 0.4) is 0 Å². The Balaban J connectivity index is 3.07. The highest BCUT2D eigenvalue weighted by Crippen LogP contribution is 2.20. The van der Waals surface area contributed by atoms with Gasteiger partial charge in [0.1, 0.15) is 9.22 Å². The molecule has 6 heteroatoms. The van der Waals surface area contributed by atoms with Gasteiger partial charge in [0.2, 0.25) is 0 Å². The number of nitrogens with one attached hydrogen (secondary N) is 1. The number of aromatic nitrogens is 3. The highest BCUT2D eigenvalue weighted by molar-refractivity contribution is 14.1. The summed E-state index contributed by atoms with van der Waals surface area (Å²) in [6.07, 6.45) is 3.26. The van der Waals surface area contributed by atoms with Crippen LogP contribution in [0, 0.1) is 3.70 Å². The molecule has 0 saturated carbocycles. The second-order valence-corrected chi connectivity index (χ2v) is 4.00. The van der Waals surface area contributed by atoms with Crippen molar-refractivity contribution in [3.05, 3.63) is 30.9 Å². The molecule has 0 amide bonds. The van der Waals surface area contributed by atoms with E-state index in [0.29, 0.717) is 5.52 Å². The van der Waals surface area contributed by atoms with Gasteiger partial charge >= 0.3 is 0 Å². The van der Waals surface area contributed by atoms with Gasteiger partial charge in [-0.1, -0.05) is 0 Å². The summed E-state index contributed by atoms with van der Waals surface area (Å²) < 4.78 is 3.07. The monoisotopic (exact) mass is 339 g/mol. The summed E-state index contributed by atoms with van der Waals surface area (Å²) in [4.78, 5) is 13.8. The molecular weight excluding hydrogens is 337 g/mol. The zero-order valence-electron chi connectivity index (χ0n) is 5.71. The third-order valence-electron chi connectivity index (χ3n) is 1.46. The van der Waals surface area contributed by atoms with Crippen molar-refractivity contribution in [2.45, 2.75) is 0 Å². The lowest BCUT2D eigenvalue weighted by Gasteiger charge is -1.88. The maximum absolute atomic E-state index is 11.3. The summed E-state index contributed by atoms with van der Waals surface area (Å²) >= 11 is 5.35. The average molecular weight is 340 g/mol. The molecule has 1 N–H and O–H groups in total. The molecule has 0 saturated heterocycles. The van der Waals surface area contributed by atoms with Gasteiger partial charge < -0.3 is 4.98 Å². The molecule has 2 heterocycles. The lowest BCUT2D eigenvalue weighted by molar-refractivity contribution is 0.923. The lowest BCUT2D eigenvalue weighted by atomic mass is 10.5. The SMILES string of the molecule is O=c1[nH]ccn2nc(I)c(Br)c12. The number of rotatable bonds is 0. The van der Waals surface area contributed by atoms with E-state index in [9.17, 15) is 4.79 Å². The maximum atomic E-state index is 11.3. The van der Waals surface area contributed by atoms with Gasteiger partial charge in [-0.3, -0.25) is 4.79 Å². The molecule has 0 spiro atoms. The van der Waals surface area contributed by atoms with E-state index >= 15 is 0 Å². The maximum Gasteiger partial charge on any atom is 0.275 e. The summed E-state index contributed by atoms with van der Waals surface area (Å²) in [7, 11) is 0. The number of nitrogens with zero attached hydrogens (tertiary/aromatic N) is 2. The smallest absolute Gasteiger partial charge is 0.275 e. The molecule has 2 aromatic rings. The van der Waals surface area contributed by atoms with E-state index in [2.05, 4.69) is 48.6 Å². The molecule has 0 bridgehead atoms. The number of fused-ring (bicyclic) bond motifs is 1. The quantitative estimate of drug-likeness (QED) is 0.737. The Morgan fingerprint density at radius 2 is 2.42 bits per heavy atom. The minimum Gasteiger partial charge on any atom is -0.326 e. The third kappa shape index (κ3) is 1.09. The van der Waals surface area contributed by atoms with E-state index in [0.717, 1.165) is 8.17 Å². The van der Waals surface area contributed by atoms with Crippen LogP contribution >= 0.6 is 38.5 Å². The zero-order chi connectivity index (χ0) is 8.72. The largest absolute Gasteiger partial charge is 0.326 e. The Kier molecular flexibility index (Phi) is 1.95. The van der Waals surface area contributed by atoms with E-state index < -0.39 is 0 Å². The number of halogens is 2. The molecule has 0 fully saturated rings. The molecule has 0 unspecified atom stereocenters. The molecule has 0 aliphatic heterocycles. The number of aromatic amines is 1. The predicted octanol–water partition coefficient (Wildman–Crippen LogP) is 1.39. The molecule has 0 aromatic carbocycles. The molecule has 12 heavy (non-hydrogen) atoms. The van der Waals surface area contributed by atoms with Crippen LogP contribution in [0.1, 0.15) is 0 Å².